The van der Waals surface area contributed by atoms with E-state index in [0.717, 1.165) is 36.7 Å². The van der Waals surface area contributed by atoms with E-state index < -0.39 is 11.8 Å². The fourth-order valence-electron chi connectivity index (χ4n) is 2.87. The Labute approximate surface area is 141 Å². The first-order valence-electron chi connectivity index (χ1n) is 8.23. The van der Waals surface area contributed by atoms with Gasteiger partial charge in [-0.15, -0.1) is 0 Å². The molecule has 24 heavy (non-hydrogen) atoms. The van der Waals surface area contributed by atoms with Crippen LogP contribution in [0.15, 0.2) is 18.2 Å². The zero-order valence-corrected chi connectivity index (χ0v) is 14.1. The number of hydrogen-bond acceptors (Lipinski definition) is 5. The number of piperazine rings is 1. The number of carbonyl (C=O) groups excluding carboxylic acids is 2. The summed E-state index contributed by atoms with van der Waals surface area (Å²) in [6.07, 6.45) is 0. The van der Waals surface area contributed by atoms with Crippen LogP contribution in [0.4, 0.5) is 0 Å². The third-order valence-electron chi connectivity index (χ3n) is 4.12. The van der Waals surface area contributed by atoms with E-state index in [1.807, 2.05) is 32.0 Å². The summed E-state index contributed by atoms with van der Waals surface area (Å²) in [4.78, 5) is 27.8. The zero-order chi connectivity index (χ0) is 17.1. The number of hydrogen-bond donors (Lipinski definition) is 1. The Morgan fingerprint density at radius 1 is 1.12 bits per heavy atom. The van der Waals surface area contributed by atoms with Gasteiger partial charge in [-0.1, -0.05) is 6.07 Å². The highest BCUT2D eigenvalue weighted by atomic mass is 16.7. The molecule has 0 radical (unpaired) electrons. The first kappa shape index (κ1) is 16.6. The molecule has 0 aliphatic carbocycles. The summed E-state index contributed by atoms with van der Waals surface area (Å²) in [6, 6.07) is 5.92. The second-order valence-electron chi connectivity index (χ2n) is 6.38. The van der Waals surface area contributed by atoms with Gasteiger partial charge in [-0.25, -0.2) is 0 Å². The predicted molar refractivity (Wildman–Crippen MR) is 87.7 cm³/mol. The summed E-state index contributed by atoms with van der Waals surface area (Å²) in [7, 11) is 0. The van der Waals surface area contributed by atoms with Crippen LogP contribution in [-0.2, 0) is 16.1 Å². The van der Waals surface area contributed by atoms with Gasteiger partial charge in [0.15, 0.2) is 11.5 Å². The predicted octanol–water partition coefficient (Wildman–Crippen LogP) is 0.584. The van der Waals surface area contributed by atoms with Crippen LogP contribution in [0.3, 0.4) is 0 Å². The molecule has 130 valence electrons. The Balaban J connectivity index is 1.50. The molecule has 0 spiro atoms. The molecule has 0 atom stereocenters. The quantitative estimate of drug-likeness (QED) is 0.820. The van der Waals surface area contributed by atoms with Crippen LogP contribution < -0.4 is 14.8 Å². The molecular formula is C17H23N3O4. The first-order valence-corrected chi connectivity index (χ1v) is 8.23. The molecule has 7 heteroatoms. The molecule has 1 fully saturated rings. The van der Waals surface area contributed by atoms with Gasteiger partial charge in [0.05, 0.1) is 0 Å². The lowest BCUT2D eigenvalue weighted by Crippen LogP contribution is -2.53. The Morgan fingerprint density at radius 2 is 1.83 bits per heavy atom. The van der Waals surface area contributed by atoms with E-state index in [1.54, 1.807) is 4.90 Å². The van der Waals surface area contributed by atoms with E-state index in [4.69, 9.17) is 9.47 Å². The molecule has 1 aromatic carbocycles. The van der Waals surface area contributed by atoms with Crippen LogP contribution in [0.1, 0.15) is 19.4 Å². The van der Waals surface area contributed by atoms with E-state index >= 15 is 0 Å². The molecule has 2 aliphatic heterocycles. The number of nitrogens with one attached hydrogen (secondary N) is 1. The molecule has 0 unspecified atom stereocenters. The Kier molecular flexibility index (Phi) is 4.89. The third kappa shape index (κ3) is 3.79. The maximum Gasteiger partial charge on any atom is 0.311 e. The highest BCUT2D eigenvalue weighted by molar-refractivity contribution is 6.35. The van der Waals surface area contributed by atoms with Gasteiger partial charge in [0.25, 0.3) is 0 Å². The van der Waals surface area contributed by atoms with Gasteiger partial charge in [-0.3, -0.25) is 14.5 Å². The van der Waals surface area contributed by atoms with Gasteiger partial charge in [0.2, 0.25) is 6.79 Å². The Hall–Kier alpha value is -2.28. The van der Waals surface area contributed by atoms with Crippen molar-refractivity contribution in [2.45, 2.75) is 26.4 Å². The summed E-state index contributed by atoms with van der Waals surface area (Å²) in [5.74, 6) is 0.609. The number of carbonyl (C=O) groups is 2. The molecule has 2 heterocycles. The van der Waals surface area contributed by atoms with Crippen molar-refractivity contribution in [1.82, 2.24) is 15.1 Å². The van der Waals surface area contributed by atoms with Crippen molar-refractivity contribution in [3.8, 4) is 11.5 Å². The fourth-order valence-corrected chi connectivity index (χ4v) is 2.87. The number of nitrogens with zero attached hydrogens (tertiary/aromatic N) is 2. The van der Waals surface area contributed by atoms with E-state index in [-0.39, 0.29) is 12.8 Å². The summed E-state index contributed by atoms with van der Waals surface area (Å²) in [6.45, 7) is 7.37. The number of ether oxygens (including phenoxy) is 2. The van der Waals surface area contributed by atoms with E-state index in [9.17, 15) is 9.59 Å². The smallest absolute Gasteiger partial charge is 0.311 e. The van der Waals surface area contributed by atoms with Crippen molar-refractivity contribution in [2.75, 3.05) is 33.0 Å². The normalized spacial score (nSPS) is 17.2. The second kappa shape index (κ2) is 7.09. The standard InChI is InChI=1S/C17H23N3O4/c1-12(2)18-16(21)17(22)20-7-5-19(6-8-20)10-13-3-4-14-15(9-13)24-11-23-14/h3-4,9,12H,5-8,10-11H2,1-2H3,(H,18,21). The third-order valence-corrected chi connectivity index (χ3v) is 4.12. The van der Waals surface area contributed by atoms with Gasteiger partial charge in [-0.05, 0) is 31.5 Å². The van der Waals surface area contributed by atoms with Crippen molar-refractivity contribution < 1.29 is 19.1 Å². The van der Waals surface area contributed by atoms with Crippen LogP contribution in [0.25, 0.3) is 0 Å². The molecule has 7 nitrogen and oxygen atoms in total. The van der Waals surface area contributed by atoms with E-state index in [2.05, 4.69) is 10.2 Å². The molecule has 2 amide bonds. The lowest BCUT2D eigenvalue weighted by molar-refractivity contribution is -0.147. The SMILES string of the molecule is CC(C)NC(=O)C(=O)N1CCN(Cc2ccc3c(c2)OCO3)CC1. The Morgan fingerprint density at radius 3 is 2.54 bits per heavy atom. The minimum absolute atomic E-state index is 0.0336. The van der Waals surface area contributed by atoms with Crippen LogP contribution in [0, 0.1) is 0 Å². The summed E-state index contributed by atoms with van der Waals surface area (Å²) in [5.41, 5.74) is 1.15. The average molecular weight is 333 g/mol. The van der Waals surface area contributed by atoms with Crippen molar-refractivity contribution in [3.63, 3.8) is 0 Å². The summed E-state index contributed by atoms with van der Waals surface area (Å²) < 4.78 is 10.7. The van der Waals surface area contributed by atoms with Gasteiger partial charge in [-0.2, -0.15) is 0 Å². The Bertz CT molecular complexity index is 624. The highest BCUT2D eigenvalue weighted by Gasteiger charge is 2.26. The zero-order valence-electron chi connectivity index (χ0n) is 14.1. The molecule has 3 rings (SSSR count). The van der Waals surface area contributed by atoms with E-state index in [1.165, 1.54) is 0 Å². The van der Waals surface area contributed by atoms with Gasteiger partial charge in [0.1, 0.15) is 0 Å². The number of fused-ring (bicyclic) bond motifs is 1. The second-order valence-corrected chi connectivity index (χ2v) is 6.38. The van der Waals surface area contributed by atoms with Crippen LogP contribution >= 0.6 is 0 Å². The largest absolute Gasteiger partial charge is 0.454 e. The van der Waals surface area contributed by atoms with Gasteiger partial charge in [0, 0.05) is 38.8 Å². The van der Waals surface area contributed by atoms with Crippen molar-refractivity contribution >= 4 is 11.8 Å². The first-order chi connectivity index (χ1) is 11.5. The van der Waals surface area contributed by atoms with Crippen LogP contribution in [0.2, 0.25) is 0 Å². The molecule has 2 aliphatic rings. The lowest BCUT2D eigenvalue weighted by atomic mass is 10.1. The minimum Gasteiger partial charge on any atom is -0.454 e. The lowest BCUT2D eigenvalue weighted by Gasteiger charge is -2.34. The van der Waals surface area contributed by atoms with Gasteiger partial charge >= 0.3 is 11.8 Å². The number of benzene rings is 1. The molecule has 1 saturated heterocycles. The molecule has 1 N–H and O–H groups in total. The summed E-state index contributed by atoms with van der Waals surface area (Å²) in [5, 5.41) is 2.65. The fraction of sp³-hybridized carbons (Fsp3) is 0.529. The molecule has 1 aromatic rings. The highest BCUT2D eigenvalue weighted by Crippen LogP contribution is 2.32. The molecule has 0 saturated carbocycles. The van der Waals surface area contributed by atoms with Crippen molar-refractivity contribution in [2.24, 2.45) is 0 Å². The van der Waals surface area contributed by atoms with Crippen molar-refractivity contribution in [3.05, 3.63) is 23.8 Å². The van der Waals surface area contributed by atoms with E-state index in [0.29, 0.717) is 13.1 Å². The number of rotatable bonds is 3. The maximum absolute atomic E-state index is 12.1. The summed E-state index contributed by atoms with van der Waals surface area (Å²) >= 11 is 0. The van der Waals surface area contributed by atoms with Gasteiger partial charge < -0.3 is 19.7 Å². The van der Waals surface area contributed by atoms with Crippen molar-refractivity contribution in [1.29, 1.82) is 0 Å². The molecule has 0 aromatic heterocycles. The van der Waals surface area contributed by atoms with Crippen LogP contribution in [0.5, 0.6) is 11.5 Å². The molecule has 0 bridgehead atoms. The monoisotopic (exact) mass is 333 g/mol. The van der Waals surface area contributed by atoms with Crippen LogP contribution in [-0.4, -0.2) is 60.6 Å². The maximum atomic E-state index is 12.1. The topological polar surface area (TPSA) is 71.1 Å². The molecular weight excluding hydrogens is 310 g/mol. The minimum atomic E-state index is -0.519. The number of amides is 2. The average Bonchev–Trinajstić information content (AvgIpc) is 3.02.